The minimum absolute atomic E-state index is 0.0588. The molecule has 1 aliphatic rings. The first-order valence-electron chi connectivity index (χ1n) is 6.34. The average molecular weight is 335 g/mol. The number of furan rings is 1. The van der Waals surface area contributed by atoms with E-state index in [-0.39, 0.29) is 6.04 Å². The summed E-state index contributed by atoms with van der Waals surface area (Å²) in [6, 6.07) is 7.63. The van der Waals surface area contributed by atoms with Crippen molar-refractivity contribution in [2.45, 2.75) is 19.9 Å². The van der Waals surface area contributed by atoms with Gasteiger partial charge in [-0.05, 0) is 65.2 Å². The van der Waals surface area contributed by atoms with Crippen molar-refractivity contribution >= 4 is 21.6 Å². The lowest BCUT2D eigenvalue weighted by atomic mass is 10.0. The van der Waals surface area contributed by atoms with E-state index in [9.17, 15) is 5.11 Å². The van der Waals surface area contributed by atoms with Crippen molar-refractivity contribution < 1.29 is 9.52 Å². The Kier molecular flexibility index (Phi) is 3.31. The maximum atomic E-state index is 10.2. The van der Waals surface area contributed by atoms with Crippen molar-refractivity contribution in [1.82, 2.24) is 10.9 Å². The predicted octanol–water partition coefficient (Wildman–Crippen LogP) is 3.55. The zero-order valence-electron chi connectivity index (χ0n) is 11.2. The third kappa shape index (κ3) is 2.34. The second kappa shape index (κ2) is 5.00. The molecule has 0 bridgehead atoms. The summed E-state index contributed by atoms with van der Waals surface area (Å²) in [5.41, 5.74) is 9.86. The van der Waals surface area contributed by atoms with Crippen LogP contribution in [0.4, 0.5) is 0 Å². The van der Waals surface area contributed by atoms with Gasteiger partial charge in [-0.2, -0.15) is 0 Å². The van der Waals surface area contributed by atoms with Crippen LogP contribution in [0.25, 0.3) is 5.70 Å². The molecule has 0 amide bonds. The molecule has 0 saturated carbocycles. The van der Waals surface area contributed by atoms with Gasteiger partial charge >= 0.3 is 0 Å². The van der Waals surface area contributed by atoms with Gasteiger partial charge in [0.15, 0.2) is 4.67 Å². The second-order valence-corrected chi connectivity index (χ2v) is 5.73. The average Bonchev–Trinajstić information content (AvgIpc) is 3.02. The molecule has 0 spiro atoms. The molecule has 104 valence electrons. The zero-order valence-corrected chi connectivity index (χ0v) is 12.8. The van der Waals surface area contributed by atoms with Gasteiger partial charge in [0.1, 0.15) is 17.6 Å². The van der Waals surface area contributed by atoms with E-state index in [2.05, 4.69) is 26.8 Å². The van der Waals surface area contributed by atoms with Crippen LogP contribution in [0.1, 0.15) is 28.5 Å². The van der Waals surface area contributed by atoms with Crippen molar-refractivity contribution in [1.29, 1.82) is 0 Å². The molecule has 1 aromatic heterocycles. The summed E-state index contributed by atoms with van der Waals surface area (Å²) in [7, 11) is 0. The van der Waals surface area contributed by atoms with Crippen LogP contribution in [0, 0.1) is 13.8 Å². The summed E-state index contributed by atoms with van der Waals surface area (Å²) in [5, 5.41) is 10.2. The molecule has 2 heterocycles. The number of phenolic OH excluding ortho intramolecular Hbond substituents is 1. The molecule has 1 aromatic carbocycles. The normalized spacial score (nSPS) is 17.9. The Balaban J connectivity index is 1.96. The lowest BCUT2D eigenvalue weighted by Gasteiger charge is -2.10. The minimum atomic E-state index is -0.0588. The second-order valence-electron chi connectivity index (χ2n) is 4.95. The summed E-state index contributed by atoms with van der Waals surface area (Å²) in [6.45, 7) is 3.91. The first-order valence-corrected chi connectivity index (χ1v) is 7.13. The van der Waals surface area contributed by atoms with Crippen LogP contribution < -0.4 is 10.9 Å². The smallest absolute Gasteiger partial charge is 0.169 e. The molecular weight excluding hydrogens is 320 g/mol. The molecule has 3 N–H and O–H groups in total. The van der Waals surface area contributed by atoms with Gasteiger partial charge < -0.3 is 14.9 Å². The molecule has 1 atom stereocenters. The van der Waals surface area contributed by atoms with Gasteiger partial charge in [-0.25, -0.2) is 5.43 Å². The Bertz CT molecular complexity index is 691. The highest BCUT2D eigenvalue weighted by Gasteiger charge is 2.22. The van der Waals surface area contributed by atoms with Crippen molar-refractivity contribution in [3.8, 4) is 5.75 Å². The highest BCUT2D eigenvalue weighted by molar-refractivity contribution is 9.10. The third-order valence-electron chi connectivity index (χ3n) is 3.33. The fourth-order valence-corrected chi connectivity index (χ4v) is 2.70. The molecule has 4 nitrogen and oxygen atoms in total. The largest absolute Gasteiger partial charge is 0.507 e. The molecule has 0 saturated heterocycles. The SMILES string of the molecule is Cc1cc(C)c(O)c(C2=C[C@@H](c3ccc(Br)o3)NN2)c1. The van der Waals surface area contributed by atoms with Crippen LogP contribution in [0.5, 0.6) is 5.75 Å². The maximum Gasteiger partial charge on any atom is 0.169 e. The molecule has 0 fully saturated rings. The molecule has 0 unspecified atom stereocenters. The third-order valence-corrected chi connectivity index (χ3v) is 3.76. The quantitative estimate of drug-likeness (QED) is 0.786. The molecule has 5 heteroatoms. The number of halogens is 1. The highest BCUT2D eigenvalue weighted by atomic mass is 79.9. The first kappa shape index (κ1) is 13.3. The van der Waals surface area contributed by atoms with Gasteiger partial charge in [0.05, 0.1) is 5.70 Å². The lowest BCUT2D eigenvalue weighted by molar-refractivity contribution is 0.439. The van der Waals surface area contributed by atoms with E-state index in [4.69, 9.17) is 4.42 Å². The number of benzene rings is 1. The van der Waals surface area contributed by atoms with Crippen LogP contribution in [-0.4, -0.2) is 5.11 Å². The van der Waals surface area contributed by atoms with Crippen LogP contribution in [0.3, 0.4) is 0 Å². The first-order chi connectivity index (χ1) is 9.54. The Labute approximate surface area is 125 Å². The fraction of sp³-hybridized carbons (Fsp3) is 0.200. The van der Waals surface area contributed by atoms with Crippen LogP contribution in [-0.2, 0) is 0 Å². The number of phenols is 1. The number of rotatable bonds is 2. The van der Waals surface area contributed by atoms with E-state index in [1.807, 2.05) is 44.2 Å². The van der Waals surface area contributed by atoms with E-state index in [1.54, 1.807) is 0 Å². The number of aromatic hydroxyl groups is 1. The van der Waals surface area contributed by atoms with Gasteiger partial charge in [0, 0.05) is 5.56 Å². The number of aryl methyl sites for hydroxylation is 2. The van der Waals surface area contributed by atoms with E-state index in [1.165, 1.54) is 0 Å². The van der Waals surface area contributed by atoms with Gasteiger partial charge in [0.2, 0.25) is 0 Å². The van der Waals surface area contributed by atoms with E-state index < -0.39 is 0 Å². The van der Waals surface area contributed by atoms with Gasteiger partial charge in [0.25, 0.3) is 0 Å². The van der Waals surface area contributed by atoms with Crippen LogP contribution >= 0.6 is 15.9 Å². The summed E-state index contributed by atoms with van der Waals surface area (Å²) >= 11 is 3.29. The number of hydrogen-bond acceptors (Lipinski definition) is 4. The molecule has 1 aliphatic heterocycles. The Morgan fingerprint density at radius 3 is 2.75 bits per heavy atom. The monoisotopic (exact) mass is 334 g/mol. The predicted molar refractivity (Wildman–Crippen MR) is 81.0 cm³/mol. The van der Waals surface area contributed by atoms with Gasteiger partial charge in [-0.15, -0.1) is 0 Å². The molecule has 3 rings (SSSR count). The minimum Gasteiger partial charge on any atom is -0.507 e. The number of hydrazine groups is 1. The topological polar surface area (TPSA) is 57.4 Å². The number of nitrogens with one attached hydrogen (secondary N) is 2. The van der Waals surface area contributed by atoms with Crippen molar-refractivity contribution in [2.75, 3.05) is 0 Å². The summed E-state index contributed by atoms with van der Waals surface area (Å²) in [4.78, 5) is 0. The summed E-state index contributed by atoms with van der Waals surface area (Å²) in [5.74, 6) is 1.11. The molecule has 20 heavy (non-hydrogen) atoms. The van der Waals surface area contributed by atoms with Crippen molar-refractivity contribution in [3.63, 3.8) is 0 Å². The van der Waals surface area contributed by atoms with Crippen molar-refractivity contribution in [2.24, 2.45) is 0 Å². The fourth-order valence-electron chi connectivity index (χ4n) is 2.38. The van der Waals surface area contributed by atoms with E-state index >= 15 is 0 Å². The standard InChI is InChI=1S/C15H15BrN2O2/c1-8-5-9(2)15(19)10(6-8)11-7-12(18-17-11)13-3-4-14(16)20-13/h3-7,12,17-19H,1-2H3/t12-/m0/s1. The molecule has 2 aromatic rings. The van der Waals surface area contributed by atoms with Gasteiger partial charge in [-0.1, -0.05) is 6.07 Å². The number of hydrogen-bond donors (Lipinski definition) is 3. The molecule has 0 radical (unpaired) electrons. The van der Waals surface area contributed by atoms with E-state index in [0.29, 0.717) is 10.4 Å². The summed E-state index contributed by atoms with van der Waals surface area (Å²) in [6.07, 6.45) is 2.00. The molecule has 0 aliphatic carbocycles. The maximum absolute atomic E-state index is 10.2. The summed E-state index contributed by atoms with van der Waals surface area (Å²) < 4.78 is 6.24. The Morgan fingerprint density at radius 1 is 1.25 bits per heavy atom. The Hall–Kier alpha value is -1.72. The van der Waals surface area contributed by atoms with Gasteiger partial charge in [-0.3, -0.25) is 0 Å². The van der Waals surface area contributed by atoms with Crippen LogP contribution in [0.15, 0.2) is 39.4 Å². The highest BCUT2D eigenvalue weighted by Crippen LogP contribution is 2.33. The van der Waals surface area contributed by atoms with Crippen molar-refractivity contribution in [3.05, 3.63) is 57.5 Å². The van der Waals surface area contributed by atoms with Crippen LogP contribution in [0.2, 0.25) is 0 Å². The van der Waals surface area contributed by atoms with E-state index in [0.717, 1.165) is 28.1 Å². The molecular formula is C15H15BrN2O2. The Morgan fingerprint density at radius 2 is 2.05 bits per heavy atom. The zero-order chi connectivity index (χ0) is 14.3. The lowest BCUT2D eigenvalue weighted by Crippen LogP contribution is -2.26.